The number of anilines is 1. The summed E-state index contributed by atoms with van der Waals surface area (Å²) in [6.45, 7) is 3.65. The van der Waals surface area contributed by atoms with Crippen molar-refractivity contribution in [3.63, 3.8) is 0 Å². The van der Waals surface area contributed by atoms with Crippen LogP contribution in [-0.2, 0) is 4.74 Å². The molecule has 1 N–H and O–H groups in total. The van der Waals surface area contributed by atoms with E-state index >= 15 is 0 Å². The quantitative estimate of drug-likeness (QED) is 0.772. The van der Waals surface area contributed by atoms with E-state index in [-0.39, 0.29) is 11.9 Å². The Balaban J connectivity index is 1.58. The number of hydrogen-bond acceptors (Lipinski definition) is 5. The molecule has 0 bridgehead atoms. The molecule has 0 amide bonds. The highest BCUT2D eigenvalue weighted by molar-refractivity contribution is 5.62. The summed E-state index contributed by atoms with van der Waals surface area (Å²) in [6.07, 6.45) is 7.23. The van der Waals surface area contributed by atoms with E-state index in [0.717, 1.165) is 30.1 Å². The fourth-order valence-electron chi connectivity index (χ4n) is 3.23. The van der Waals surface area contributed by atoms with Crippen LogP contribution in [0.2, 0.25) is 0 Å². The highest BCUT2D eigenvalue weighted by Crippen LogP contribution is 2.24. The Morgan fingerprint density at radius 2 is 1.96 bits per heavy atom. The van der Waals surface area contributed by atoms with Gasteiger partial charge in [0, 0.05) is 44.4 Å². The molecular formula is C18H20FN5O. The number of fused-ring (bicyclic) bond motifs is 1. The Morgan fingerprint density at radius 1 is 1.16 bits per heavy atom. The number of rotatable bonds is 5. The minimum absolute atomic E-state index is 0.0385. The van der Waals surface area contributed by atoms with E-state index in [1.54, 1.807) is 24.5 Å². The molecule has 1 aliphatic rings. The summed E-state index contributed by atoms with van der Waals surface area (Å²) in [7, 11) is 0. The maximum Gasteiger partial charge on any atom is 0.180 e. The first-order valence-corrected chi connectivity index (χ1v) is 8.40. The second kappa shape index (κ2) is 7.16. The van der Waals surface area contributed by atoms with Crippen LogP contribution < -0.4 is 5.32 Å². The van der Waals surface area contributed by atoms with Gasteiger partial charge in [0.1, 0.15) is 5.82 Å². The van der Waals surface area contributed by atoms with Gasteiger partial charge >= 0.3 is 0 Å². The molecule has 1 aliphatic heterocycles. The molecule has 7 heteroatoms. The molecule has 0 aliphatic carbocycles. The van der Waals surface area contributed by atoms with Crippen LogP contribution in [0.15, 0.2) is 49.1 Å². The van der Waals surface area contributed by atoms with Gasteiger partial charge in [0.25, 0.3) is 0 Å². The molecule has 0 radical (unpaired) electrons. The van der Waals surface area contributed by atoms with E-state index in [0.29, 0.717) is 19.8 Å². The van der Waals surface area contributed by atoms with Gasteiger partial charge in [-0.2, -0.15) is 0 Å². The van der Waals surface area contributed by atoms with Gasteiger partial charge in [-0.3, -0.25) is 4.90 Å². The van der Waals surface area contributed by atoms with Gasteiger partial charge in [0.15, 0.2) is 11.5 Å². The topological polar surface area (TPSA) is 54.7 Å². The summed E-state index contributed by atoms with van der Waals surface area (Å²) in [5.41, 5.74) is 1.73. The lowest BCUT2D eigenvalue weighted by Gasteiger charge is -2.35. The number of aromatic nitrogens is 3. The van der Waals surface area contributed by atoms with Crippen LogP contribution in [0.4, 0.5) is 10.2 Å². The van der Waals surface area contributed by atoms with Gasteiger partial charge in [-0.05, 0) is 17.7 Å². The molecule has 25 heavy (non-hydrogen) atoms. The van der Waals surface area contributed by atoms with Gasteiger partial charge in [-0.1, -0.05) is 12.1 Å². The summed E-state index contributed by atoms with van der Waals surface area (Å²) in [5, 5.41) is 3.39. The highest BCUT2D eigenvalue weighted by atomic mass is 19.1. The molecule has 1 saturated heterocycles. The van der Waals surface area contributed by atoms with E-state index in [9.17, 15) is 4.39 Å². The van der Waals surface area contributed by atoms with Gasteiger partial charge < -0.3 is 14.5 Å². The maximum atomic E-state index is 13.7. The van der Waals surface area contributed by atoms with Crippen molar-refractivity contribution in [3.05, 3.63) is 60.4 Å². The largest absolute Gasteiger partial charge is 0.379 e. The van der Waals surface area contributed by atoms with Crippen LogP contribution in [0, 0.1) is 5.82 Å². The van der Waals surface area contributed by atoms with Crippen molar-refractivity contribution < 1.29 is 9.13 Å². The Labute approximate surface area is 145 Å². The van der Waals surface area contributed by atoms with Crippen LogP contribution >= 0.6 is 0 Å². The van der Waals surface area contributed by atoms with Gasteiger partial charge in [-0.25, -0.2) is 14.4 Å². The first kappa shape index (κ1) is 16.0. The molecule has 1 fully saturated rings. The van der Waals surface area contributed by atoms with E-state index in [4.69, 9.17) is 4.74 Å². The van der Waals surface area contributed by atoms with Crippen molar-refractivity contribution in [1.82, 2.24) is 19.3 Å². The van der Waals surface area contributed by atoms with Crippen molar-refractivity contribution in [1.29, 1.82) is 0 Å². The Kier molecular flexibility index (Phi) is 4.58. The van der Waals surface area contributed by atoms with Gasteiger partial charge in [0.2, 0.25) is 0 Å². The molecule has 4 rings (SSSR count). The predicted octanol–water partition coefficient (Wildman–Crippen LogP) is 2.35. The minimum Gasteiger partial charge on any atom is -0.379 e. The maximum absolute atomic E-state index is 13.7. The number of halogens is 1. The summed E-state index contributed by atoms with van der Waals surface area (Å²) >= 11 is 0. The van der Waals surface area contributed by atoms with Gasteiger partial charge in [-0.15, -0.1) is 0 Å². The highest BCUT2D eigenvalue weighted by Gasteiger charge is 2.23. The normalized spacial score (nSPS) is 16.8. The first-order chi connectivity index (χ1) is 12.3. The zero-order chi connectivity index (χ0) is 17.1. The van der Waals surface area contributed by atoms with Crippen molar-refractivity contribution in [2.75, 3.05) is 38.2 Å². The molecule has 3 heterocycles. The van der Waals surface area contributed by atoms with E-state index in [1.165, 1.54) is 6.07 Å². The number of morpholine rings is 1. The number of nitrogens with one attached hydrogen (secondary N) is 1. The molecule has 3 aromatic rings. The molecule has 0 saturated carbocycles. The summed E-state index contributed by atoms with van der Waals surface area (Å²) in [4.78, 5) is 11.1. The molecule has 1 aromatic carbocycles. The average Bonchev–Trinajstić information content (AvgIpc) is 3.12. The van der Waals surface area contributed by atoms with Crippen LogP contribution in [-0.4, -0.2) is 52.1 Å². The molecule has 130 valence electrons. The fourth-order valence-corrected chi connectivity index (χ4v) is 3.23. The minimum atomic E-state index is -0.218. The molecule has 1 atom stereocenters. The lowest BCUT2D eigenvalue weighted by Crippen LogP contribution is -2.41. The van der Waals surface area contributed by atoms with E-state index in [1.807, 2.05) is 22.9 Å². The second-order valence-electron chi connectivity index (χ2n) is 6.03. The Hall–Kier alpha value is -2.51. The molecular weight excluding hydrogens is 321 g/mol. The second-order valence-corrected chi connectivity index (χ2v) is 6.03. The summed E-state index contributed by atoms with van der Waals surface area (Å²) in [6, 6.07) is 6.84. The van der Waals surface area contributed by atoms with Crippen molar-refractivity contribution in [3.8, 4) is 0 Å². The van der Waals surface area contributed by atoms with Crippen LogP contribution in [0.25, 0.3) is 5.65 Å². The van der Waals surface area contributed by atoms with Crippen LogP contribution in [0.1, 0.15) is 11.6 Å². The van der Waals surface area contributed by atoms with Crippen LogP contribution in [0.5, 0.6) is 0 Å². The number of nitrogens with zero attached hydrogens (tertiary/aromatic N) is 4. The molecule has 1 unspecified atom stereocenters. The lowest BCUT2D eigenvalue weighted by molar-refractivity contribution is 0.0186. The third kappa shape index (κ3) is 3.47. The monoisotopic (exact) mass is 341 g/mol. The third-order valence-corrected chi connectivity index (χ3v) is 4.49. The average molecular weight is 341 g/mol. The third-order valence-electron chi connectivity index (χ3n) is 4.49. The van der Waals surface area contributed by atoms with Crippen LogP contribution in [0.3, 0.4) is 0 Å². The van der Waals surface area contributed by atoms with Crippen molar-refractivity contribution >= 4 is 11.5 Å². The fraction of sp³-hybridized carbons (Fsp3) is 0.333. The van der Waals surface area contributed by atoms with Gasteiger partial charge in [0.05, 0.1) is 19.3 Å². The zero-order valence-corrected chi connectivity index (χ0v) is 13.8. The van der Waals surface area contributed by atoms with E-state index in [2.05, 4.69) is 20.2 Å². The van der Waals surface area contributed by atoms with Crippen molar-refractivity contribution in [2.45, 2.75) is 6.04 Å². The summed E-state index contributed by atoms with van der Waals surface area (Å²) in [5.74, 6) is 0.506. The summed E-state index contributed by atoms with van der Waals surface area (Å²) < 4.78 is 21.1. The SMILES string of the molecule is Fc1cccc(C(CNc2nccn3ccnc23)N2CCOCC2)c1. The lowest BCUT2D eigenvalue weighted by atomic mass is 10.0. The first-order valence-electron chi connectivity index (χ1n) is 8.40. The smallest absolute Gasteiger partial charge is 0.180 e. The predicted molar refractivity (Wildman–Crippen MR) is 93.0 cm³/mol. The molecule has 0 spiro atoms. The Morgan fingerprint density at radius 3 is 2.76 bits per heavy atom. The van der Waals surface area contributed by atoms with E-state index < -0.39 is 0 Å². The standard InChI is InChI=1S/C18H20FN5O/c19-15-3-1-2-14(12-15)16(23-8-10-25-11-9-23)13-22-17-18-21-5-7-24(18)6-4-20-17/h1-7,12,16H,8-11,13H2,(H,20,22). The van der Waals surface area contributed by atoms with Crippen molar-refractivity contribution in [2.24, 2.45) is 0 Å². The molecule has 6 nitrogen and oxygen atoms in total. The zero-order valence-electron chi connectivity index (χ0n) is 13.8. The number of ether oxygens (including phenoxy) is 1. The Bertz CT molecular complexity index is 846. The number of imidazole rings is 1. The number of benzene rings is 1. The molecule has 2 aromatic heterocycles. The number of hydrogen-bond donors (Lipinski definition) is 1.